The van der Waals surface area contributed by atoms with Gasteiger partial charge in [-0.2, -0.15) is 0 Å². The maximum Gasteiger partial charge on any atom is 0.317 e. The molecule has 1 fully saturated rings. The first-order valence-corrected chi connectivity index (χ1v) is 9.83. The molecule has 27 heavy (non-hydrogen) atoms. The van der Waals surface area contributed by atoms with Gasteiger partial charge in [-0.05, 0) is 55.9 Å². The zero-order valence-corrected chi connectivity index (χ0v) is 17.5. The number of nitrogens with zero attached hydrogens (tertiary/aromatic N) is 1. The lowest BCUT2D eigenvalue weighted by Gasteiger charge is -2.46. The van der Waals surface area contributed by atoms with Gasteiger partial charge in [0.25, 0.3) is 0 Å². The fourth-order valence-electron chi connectivity index (χ4n) is 4.07. The molecule has 0 aromatic heterocycles. The number of benzene rings is 1. The van der Waals surface area contributed by atoms with E-state index in [2.05, 4.69) is 49.5 Å². The van der Waals surface area contributed by atoms with Gasteiger partial charge < -0.3 is 16.0 Å². The Balaban J connectivity index is 2.10. The molecule has 5 heteroatoms. The summed E-state index contributed by atoms with van der Waals surface area (Å²) in [5.74, 6) is -0.387. The molecule has 0 bridgehead atoms. The predicted molar refractivity (Wildman–Crippen MR) is 109 cm³/mol. The van der Waals surface area contributed by atoms with E-state index in [1.807, 2.05) is 0 Å². The number of hydrogen-bond donors (Lipinski definition) is 2. The normalized spacial score (nSPS) is 25.7. The minimum atomic E-state index is -0.754. The molecule has 2 rings (SSSR count). The summed E-state index contributed by atoms with van der Waals surface area (Å²) in [6.45, 7) is 9.14. The summed E-state index contributed by atoms with van der Waals surface area (Å²) in [5.41, 5.74) is 6.39. The van der Waals surface area contributed by atoms with Crippen LogP contribution in [0.1, 0.15) is 58.9 Å². The van der Waals surface area contributed by atoms with Gasteiger partial charge in [-0.3, -0.25) is 4.79 Å². The third kappa shape index (κ3) is 5.02. The minimum Gasteiger partial charge on any atom is -0.369 e. The van der Waals surface area contributed by atoms with E-state index < -0.39 is 5.41 Å². The fraction of sp³-hybridized carbons (Fsp3) is 0.636. The van der Waals surface area contributed by atoms with Crippen LogP contribution in [-0.2, 0) is 10.2 Å². The molecule has 1 aromatic rings. The summed E-state index contributed by atoms with van der Waals surface area (Å²) in [6.07, 6.45) is 4.27. The van der Waals surface area contributed by atoms with Crippen molar-refractivity contribution in [2.24, 2.45) is 16.6 Å². The van der Waals surface area contributed by atoms with Crippen molar-refractivity contribution in [1.29, 1.82) is 0 Å². The molecule has 3 N–H and O–H groups in total. The van der Waals surface area contributed by atoms with Gasteiger partial charge in [-0.25, -0.2) is 4.79 Å². The second-order valence-corrected chi connectivity index (χ2v) is 9.40. The molecule has 5 nitrogen and oxygen atoms in total. The third-order valence-corrected chi connectivity index (χ3v) is 6.36. The largest absolute Gasteiger partial charge is 0.369 e. The average Bonchev–Trinajstić information content (AvgIpc) is 2.64. The minimum absolute atomic E-state index is 0.0362. The lowest BCUT2D eigenvalue weighted by molar-refractivity contribution is -0.126. The zero-order valence-electron chi connectivity index (χ0n) is 17.5. The monoisotopic (exact) mass is 373 g/mol. The Morgan fingerprint density at radius 3 is 2.15 bits per heavy atom. The van der Waals surface area contributed by atoms with Crippen LogP contribution in [0.25, 0.3) is 0 Å². The molecule has 1 aromatic carbocycles. The van der Waals surface area contributed by atoms with E-state index in [9.17, 15) is 9.59 Å². The van der Waals surface area contributed by atoms with Crippen molar-refractivity contribution in [3.8, 4) is 0 Å². The number of hydrogen-bond acceptors (Lipinski definition) is 2. The van der Waals surface area contributed by atoms with Crippen LogP contribution in [0.2, 0.25) is 0 Å². The van der Waals surface area contributed by atoms with Gasteiger partial charge in [0.15, 0.2) is 0 Å². The molecule has 0 atom stereocenters. The van der Waals surface area contributed by atoms with Crippen molar-refractivity contribution in [3.05, 3.63) is 35.9 Å². The van der Waals surface area contributed by atoms with Gasteiger partial charge >= 0.3 is 6.03 Å². The Bertz CT molecular complexity index is 661. The molecule has 1 aliphatic carbocycles. The lowest BCUT2D eigenvalue weighted by atomic mass is 9.62. The topological polar surface area (TPSA) is 75.4 Å². The van der Waals surface area contributed by atoms with Crippen molar-refractivity contribution in [2.75, 3.05) is 20.1 Å². The number of carbonyl (C=O) groups is 2. The van der Waals surface area contributed by atoms with E-state index in [0.29, 0.717) is 13.1 Å². The first-order valence-electron chi connectivity index (χ1n) is 9.83. The summed E-state index contributed by atoms with van der Waals surface area (Å²) in [6, 6.07) is 10.5. The Morgan fingerprint density at radius 1 is 1.11 bits per heavy atom. The molecular weight excluding hydrogens is 338 g/mol. The smallest absolute Gasteiger partial charge is 0.317 e. The van der Waals surface area contributed by atoms with E-state index in [4.69, 9.17) is 5.73 Å². The first-order chi connectivity index (χ1) is 12.5. The number of carbonyl (C=O) groups excluding carboxylic acids is 2. The Labute approximate surface area is 163 Å². The number of nitrogens with one attached hydrogen (secondary N) is 1. The number of primary amides is 1. The van der Waals surface area contributed by atoms with Crippen LogP contribution in [0.5, 0.6) is 0 Å². The highest BCUT2D eigenvalue weighted by atomic mass is 16.2. The van der Waals surface area contributed by atoms with E-state index in [1.165, 1.54) is 5.56 Å². The van der Waals surface area contributed by atoms with Crippen LogP contribution >= 0.6 is 0 Å². The molecular formula is C22H35N3O2. The van der Waals surface area contributed by atoms with Gasteiger partial charge in [-0.1, -0.05) is 44.2 Å². The van der Waals surface area contributed by atoms with Crippen LogP contribution in [0.3, 0.4) is 0 Å². The lowest BCUT2D eigenvalue weighted by Crippen LogP contribution is -2.52. The molecule has 1 saturated carbocycles. The van der Waals surface area contributed by atoms with Crippen LogP contribution in [0.4, 0.5) is 4.79 Å². The average molecular weight is 374 g/mol. The van der Waals surface area contributed by atoms with Gasteiger partial charge in [0.2, 0.25) is 5.91 Å². The quantitative estimate of drug-likeness (QED) is 0.798. The van der Waals surface area contributed by atoms with Crippen LogP contribution in [0.15, 0.2) is 30.3 Å². The highest BCUT2D eigenvalue weighted by Gasteiger charge is 2.41. The van der Waals surface area contributed by atoms with Crippen LogP contribution < -0.4 is 11.1 Å². The number of nitrogens with two attached hydrogens (primary N) is 1. The Morgan fingerprint density at radius 2 is 1.67 bits per heavy atom. The van der Waals surface area contributed by atoms with Crippen molar-refractivity contribution >= 4 is 11.9 Å². The number of rotatable bonds is 6. The van der Waals surface area contributed by atoms with Crippen LogP contribution in [0, 0.1) is 10.8 Å². The molecule has 150 valence electrons. The van der Waals surface area contributed by atoms with Crippen molar-refractivity contribution < 1.29 is 9.59 Å². The van der Waals surface area contributed by atoms with Crippen molar-refractivity contribution in [2.45, 2.75) is 58.8 Å². The predicted octanol–water partition coefficient (Wildman–Crippen LogP) is 3.68. The molecule has 0 radical (unpaired) electrons. The molecule has 0 aliphatic heterocycles. The van der Waals surface area contributed by atoms with Gasteiger partial charge in [0.1, 0.15) is 0 Å². The standard InChI is InChI=1S/C22H35N3O2/c1-20(2,18(23)26)15-25(19(27)24-5)16-21(3)11-13-22(4,14-12-21)17-9-7-6-8-10-17/h6-10H,11-16H2,1-5H3,(H2,23,26)(H,24,27)/t21-,22+. The van der Waals surface area contributed by atoms with E-state index in [-0.39, 0.29) is 22.8 Å². The Hall–Kier alpha value is -2.04. The maximum atomic E-state index is 12.4. The summed E-state index contributed by atoms with van der Waals surface area (Å²) in [4.78, 5) is 25.9. The number of amides is 3. The Kier molecular flexibility index (Phi) is 6.23. The van der Waals surface area contributed by atoms with Crippen molar-refractivity contribution in [3.63, 3.8) is 0 Å². The van der Waals surface area contributed by atoms with E-state index in [0.717, 1.165) is 25.7 Å². The summed E-state index contributed by atoms with van der Waals surface area (Å²) < 4.78 is 0. The molecule has 0 unspecified atom stereocenters. The summed E-state index contributed by atoms with van der Waals surface area (Å²) >= 11 is 0. The maximum absolute atomic E-state index is 12.4. The molecule has 0 spiro atoms. The molecule has 3 amide bonds. The van der Waals surface area contributed by atoms with Gasteiger partial charge in [-0.15, -0.1) is 0 Å². The zero-order chi connectivity index (χ0) is 20.3. The fourth-order valence-corrected chi connectivity index (χ4v) is 4.07. The second kappa shape index (κ2) is 7.91. The second-order valence-electron chi connectivity index (χ2n) is 9.40. The first kappa shape index (κ1) is 21.3. The highest BCUT2D eigenvalue weighted by Crippen LogP contribution is 2.47. The highest BCUT2D eigenvalue weighted by molar-refractivity contribution is 5.81. The number of urea groups is 1. The SMILES string of the molecule is CNC(=O)N(CC(C)(C)C(N)=O)C[C@]1(C)CC[C@](C)(c2ccccc2)CC1. The van der Waals surface area contributed by atoms with Gasteiger partial charge in [0, 0.05) is 20.1 Å². The van der Waals surface area contributed by atoms with E-state index >= 15 is 0 Å². The van der Waals surface area contributed by atoms with Crippen molar-refractivity contribution in [1.82, 2.24) is 10.2 Å². The molecule has 1 aliphatic rings. The van der Waals surface area contributed by atoms with E-state index in [1.54, 1.807) is 25.8 Å². The summed E-state index contributed by atoms with van der Waals surface area (Å²) in [5, 5.41) is 2.71. The third-order valence-electron chi connectivity index (χ3n) is 6.36. The molecule has 0 heterocycles. The summed E-state index contributed by atoms with van der Waals surface area (Å²) in [7, 11) is 1.63. The molecule has 0 saturated heterocycles. The van der Waals surface area contributed by atoms with Crippen LogP contribution in [-0.4, -0.2) is 37.0 Å². The van der Waals surface area contributed by atoms with Gasteiger partial charge in [0.05, 0.1) is 5.41 Å².